The molecule has 1 aromatic carbocycles. The standard InChI is InChI=1S/C19H28N4O2/c1-14(13-23-16(3)11-15(2)22-23)12-21-19(25)20-10-9-18(24)17-7-5-4-6-8-17/h4-8,11,14,18,24H,9-10,12-13H2,1-3H3,(H2,20,21,25). The van der Waals surface area contributed by atoms with Gasteiger partial charge in [0.2, 0.25) is 0 Å². The van der Waals surface area contributed by atoms with E-state index < -0.39 is 6.10 Å². The number of hydrogen-bond donors (Lipinski definition) is 3. The van der Waals surface area contributed by atoms with Crippen LogP contribution in [0.25, 0.3) is 0 Å². The van der Waals surface area contributed by atoms with E-state index in [9.17, 15) is 9.90 Å². The van der Waals surface area contributed by atoms with Crippen molar-refractivity contribution in [3.63, 3.8) is 0 Å². The van der Waals surface area contributed by atoms with Crippen LogP contribution in [0.2, 0.25) is 0 Å². The monoisotopic (exact) mass is 344 g/mol. The van der Waals surface area contributed by atoms with Crippen LogP contribution in [-0.4, -0.2) is 34.0 Å². The number of aliphatic hydroxyl groups excluding tert-OH is 1. The van der Waals surface area contributed by atoms with Gasteiger partial charge in [-0.3, -0.25) is 4.68 Å². The third kappa shape index (κ3) is 6.23. The van der Waals surface area contributed by atoms with Gasteiger partial charge in [-0.1, -0.05) is 37.3 Å². The lowest BCUT2D eigenvalue weighted by molar-refractivity contribution is 0.167. The Morgan fingerprint density at radius 3 is 2.60 bits per heavy atom. The molecular weight excluding hydrogens is 316 g/mol. The molecule has 2 amide bonds. The number of benzene rings is 1. The Kier molecular flexibility index (Phi) is 7.01. The van der Waals surface area contributed by atoms with Crippen molar-refractivity contribution in [1.29, 1.82) is 0 Å². The average molecular weight is 344 g/mol. The first-order valence-electron chi connectivity index (χ1n) is 8.71. The number of aryl methyl sites for hydroxylation is 2. The van der Waals surface area contributed by atoms with Crippen LogP contribution in [0.4, 0.5) is 4.79 Å². The molecule has 136 valence electrons. The summed E-state index contributed by atoms with van der Waals surface area (Å²) in [5.41, 5.74) is 3.00. The van der Waals surface area contributed by atoms with Gasteiger partial charge >= 0.3 is 6.03 Å². The Hall–Kier alpha value is -2.34. The summed E-state index contributed by atoms with van der Waals surface area (Å²) in [6.45, 7) is 7.86. The van der Waals surface area contributed by atoms with Gasteiger partial charge in [-0.05, 0) is 37.8 Å². The number of carbonyl (C=O) groups is 1. The molecule has 0 aliphatic heterocycles. The molecule has 3 N–H and O–H groups in total. The quantitative estimate of drug-likeness (QED) is 0.688. The maximum atomic E-state index is 11.9. The molecule has 0 radical (unpaired) electrons. The van der Waals surface area contributed by atoms with Gasteiger partial charge in [-0.25, -0.2) is 4.79 Å². The minimum absolute atomic E-state index is 0.208. The molecule has 25 heavy (non-hydrogen) atoms. The van der Waals surface area contributed by atoms with E-state index in [2.05, 4.69) is 22.7 Å². The molecule has 0 saturated heterocycles. The zero-order chi connectivity index (χ0) is 18.2. The van der Waals surface area contributed by atoms with Crippen LogP contribution in [0.15, 0.2) is 36.4 Å². The van der Waals surface area contributed by atoms with Crippen molar-refractivity contribution in [3.8, 4) is 0 Å². The molecule has 2 atom stereocenters. The number of aliphatic hydroxyl groups is 1. The van der Waals surface area contributed by atoms with E-state index in [0.29, 0.717) is 19.5 Å². The van der Waals surface area contributed by atoms with Crippen molar-refractivity contribution in [2.75, 3.05) is 13.1 Å². The zero-order valence-electron chi connectivity index (χ0n) is 15.2. The summed E-state index contributed by atoms with van der Waals surface area (Å²) in [4.78, 5) is 11.9. The lowest BCUT2D eigenvalue weighted by atomic mass is 10.1. The fraction of sp³-hybridized carbons (Fsp3) is 0.474. The van der Waals surface area contributed by atoms with Gasteiger partial charge in [0.25, 0.3) is 0 Å². The van der Waals surface area contributed by atoms with Crippen molar-refractivity contribution in [3.05, 3.63) is 53.3 Å². The SMILES string of the molecule is Cc1cc(C)n(CC(C)CNC(=O)NCCC(O)c2ccccc2)n1. The Bertz CT molecular complexity index is 669. The summed E-state index contributed by atoms with van der Waals surface area (Å²) in [7, 11) is 0. The molecule has 0 aliphatic carbocycles. The summed E-state index contributed by atoms with van der Waals surface area (Å²) < 4.78 is 1.97. The Morgan fingerprint density at radius 1 is 1.24 bits per heavy atom. The average Bonchev–Trinajstić information content (AvgIpc) is 2.91. The lowest BCUT2D eigenvalue weighted by Gasteiger charge is -2.15. The molecular formula is C19H28N4O2. The van der Waals surface area contributed by atoms with E-state index in [1.165, 1.54) is 0 Å². The smallest absolute Gasteiger partial charge is 0.314 e. The molecule has 0 bridgehead atoms. The van der Waals surface area contributed by atoms with Gasteiger partial charge in [0.15, 0.2) is 0 Å². The second-order valence-corrected chi connectivity index (χ2v) is 6.57. The highest BCUT2D eigenvalue weighted by Crippen LogP contribution is 2.14. The second kappa shape index (κ2) is 9.22. The first kappa shape index (κ1) is 19.0. The number of carbonyl (C=O) groups excluding carboxylic acids is 1. The zero-order valence-corrected chi connectivity index (χ0v) is 15.2. The molecule has 2 unspecified atom stereocenters. The molecule has 1 heterocycles. The van der Waals surface area contributed by atoms with Gasteiger partial charge in [0.1, 0.15) is 0 Å². The van der Waals surface area contributed by atoms with E-state index in [1.807, 2.05) is 54.9 Å². The van der Waals surface area contributed by atoms with Crippen molar-refractivity contribution >= 4 is 6.03 Å². The van der Waals surface area contributed by atoms with Crippen LogP contribution >= 0.6 is 0 Å². The van der Waals surface area contributed by atoms with Gasteiger partial charge in [-0.2, -0.15) is 5.10 Å². The number of aromatic nitrogens is 2. The Labute approximate surface area is 149 Å². The van der Waals surface area contributed by atoms with Crippen molar-refractivity contribution in [2.24, 2.45) is 5.92 Å². The number of hydrogen-bond acceptors (Lipinski definition) is 3. The fourth-order valence-corrected chi connectivity index (χ4v) is 2.71. The minimum Gasteiger partial charge on any atom is -0.388 e. The van der Waals surface area contributed by atoms with Crippen LogP contribution in [0.1, 0.15) is 36.4 Å². The summed E-state index contributed by atoms with van der Waals surface area (Å²) in [5.74, 6) is 0.277. The summed E-state index contributed by atoms with van der Waals surface area (Å²) in [5, 5.41) is 20.2. The molecule has 0 spiro atoms. The van der Waals surface area contributed by atoms with Crippen molar-refractivity contribution < 1.29 is 9.90 Å². The molecule has 0 fully saturated rings. The Morgan fingerprint density at radius 2 is 1.96 bits per heavy atom. The second-order valence-electron chi connectivity index (χ2n) is 6.57. The highest BCUT2D eigenvalue weighted by Gasteiger charge is 2.10. The lowest BCUT2D eigenvalue weighted by Crippen LogP contribution is -2.39. The van der Waals surface area contributed by atoms with Gasteiger partial charge < -0.3 is 15.7 Å². The molecule has 2 aromatic rings. The van der Waals surface area contributed by atoms with Crippen molar-refractivity contribution in [2.45, 2.75) is 39.8 Å². The molecule has 1 aromatic heterocycles. The van der Waals surface area contributed by atoms with Crippen LogP contribution in [0.5, 0.6) is 0 Å². The fourth-order valence-electron chi connectivity index (χ4n) is 2.71. The maximum absolute atomic E-state index is 11.9. The van der Waals surface area contributed by atoms with Gasteiger partial charge in [0, 0.05) is 25.3 Å². The third-order valence-electron chi connectivity index (χ3n) is 4.09. The van der Waals surface area contributed by atoms with E-state index in [0.717, 1.165) is 23.5 Å². The van der Waals surface area contributed by atoms with Crippen LogP contribution in [-0.2, 0) is 6.54 Å². The van der Waals surface area contributed by atoms with E-state index >= 15 is 0 Å². The molecule has 6 nitrogen and oxygen atoms in total. The highest BCUT2D eigenvalue weighted by atomic mass is 16.3. The maximum Gasteiger partial charge on any atom is 0.314 e. The predicted octanol–water partition coefficient (Wildman–Crippen LogP) is 2.56. The summed E-state index contributed by atoms with van der Waals surface area (Å²) in [6.07, 6.45) is -0.0786. The molecule has 0 saturated carbocycles. The Balaban J connectivity index is 1.64. The number of nitrogens with one attached hydrogen (secondary N) is 2. The number of nitrogens with zero attached hydrogens (tertiary/aromatic N) is 2. The minimum atomic E-state index is -0.563. The first-order chi connectivity index (χ1) is 12.0. The number of urea groups is 1. The van der Waals surface area contributed by atoms with Crippen molar-refractivity contribution in [1.82, 2.24) is 20.4 Å². The first-order valence-corrected chi connectivity index (χ1v) is 8.71. The molecule has 6 heteroatoms. The number of rotatable bonds is 8. The van der Waals surface area contributed by atoms with Gasteiger partial charge in [-0.15, -0.1) is 0 Å². The largest absolute Gasteiger partial charge is 0.388 e. The summed E-state index contributed by atoms with van der Waals surface area (Å²) in [6, 6.07) is 11.3. The van der Waals surface area contributed by atoms with Crippen LogP contribution in [0, 0.1) is 19.8 Å². The normalized spacial score (nSPS) is 13.3. The van der Waals surface area contributed by atoms with Gasteiger partial charge in [0.05, 0.1) is 11.8 Å². The molecule has 2 rings (SSSR count). The van der Waals surface area contributed by atoms with Crippen LogP contribution < -0.4 is 10.6 Å². The third-order valence-corrected chi connectivity index (χ3v) is 4.09. The van der Waals surface area contributed by atoms with Crippen LogP contribution in [0.3, 0.4) is 0 Å². The van der Waals surface area contributed by atoms with E-state index in [1.54, 1.807) is 0 Å². The predicted molar refractivity (Wildman–Crippen MR) is 98.3 cm³/mol. The van der Waals surface area contributed by atoms with E-state index in [-0.39, 0.29) is 11.9 Å². The van der Waals surface area contributed by atoms with E-state index in [4.69, 9.17) is 0 Å². The highest BCUT2D eigenvalue weighted by molar-refractivity contribution is 5.73. The topological polar surface area (TPSA) is 79.2 Å². The number of amides is 2. The molecule has 0 aliphatic rings. The summed E-state index contributed by atoms with van der Waals surface area (Å²) >= 11 is 0.